The second kappa shape index (κ2) is 6.19. The van der Waals surface area contributed by atoms with Crippen LogP contribution in [0.1, 0.15) is 18.4 Å². The summed E-state index contributed by atoms with van der Waals surface area (Å²) in [5, 5.41) is 10.7. The van der Waals surface area contributed by atoms with Gasteiger partial charge in [-0.3, -0.25) is 0 Å². The Kier molecular flexibility index (Phi) is 4.86. The SMILES string of the molecule is OC(Cc1ccc(Br)cc1Cl)CC1CCOC1. The van der Waals surface area contributed by atoms with Gasteiger partial charge in [0.1, 0.15) is 0 Å². The van der Waals surface area contributed by atoms with Crippen LogP contribution in [0, 0.1) is 5.92 Å². The van der Waals surface area contributed by atoms with E-state index in [1.165, 1.54) is 0 Å². The van der Waals surface area contributed by atoms with Gasteiger partial charge in [-0.25, -0.2) is 0 Å². The summed E-state index contributed by atoms with van der Waals surface area (Å²) >= 11 is 9.49. The molecule has 0 amide bonds. The molecular weight excluding hydrogens is 303 g/mol. The number of benzene rings is 1. The Balaban J connectivity index is 1.90. The highest BCUT2D eigenvalue weighted by Gasteiger charge is 2.20. The maximum atomic E-state index is 10.0. The summed E-state index contributed by atoms with van der Waals surface area (Å²) in [7, 11) is 0. The lowest BCUT2D eigenvalue weighted by atomic mass is 9.96. The number of hydrogen-bond acceptors (Lipinski definition) is 2. The van der Waals surface area contributed by atoms with Crippen LogP contribution in [-0.2, 0) is 11.2 Å². The van der Waals surface area contributed by atoms with Crippen molar-refractivity contribution < 1.29 is 9.84 Å². The molecule has 1 aromatic carbocycles. The standard InChI is InChI=1S/C13H16BrClO2/c14-11-2-1-10(13(15)7-11)6-12(16)5-9-3-4-17-8-9/h1-2,7,9,12,16H,3-6,8H2. The smallest absolute Gasteiger partial charge is 0.0584 e. The van der Waals surface area contributed by atoms with Gasteiger partial charge in [0, 0.05) is 22.7 Å². The molecule has 2 unspecified atom stereocenters. The first-order chi connectivity index (χ1) is 8.15. The largest absolute Gasteiger partial charge is 0.393 e. The molecule has 0 aliphatic carbocycles. The van der Waals surface area contributed by atoms with E-state index in [1.807, 2.05) is 18.2 Å². The van der Waals surface area contributed by atoms with Crippen molar-refractivity contribution in [2.75, 3.05) is 13.2 Å². The van der Waals surface area contributed by atoms with E-state index in [1.54, 1.807) is 0 Å². The number of rotatable bonds is 4. The van der Waals surface area contributed by atoms with Gasteiger partial charge in [-0.05, 0) is 42.9 Å². The quantitative estimate of drug-likeness (QED) is 0.921. The second-order valence-electron chi connectivity index (χ2n) is 4.56. The molecule has 0 radical (unpaired) electrons. The zero-order chi connectivity index (χ0) is 12.3. The van der Waals surface area contributed by atoms with Gasteiger partial charge in [0.05, 0.1) is 6.10 Å². The Hall–Kier alpha value is -0.0900. The zero-order valence-electron chi connectivity index (χ0n) is 9.53. The molecule has 0 aromatic heterocycles. The molecular formula is C13H16BrClO2. The molecule has 1 N–H and O–H groups in total. The normalized spacial score (nSPS) is 21.7. The summed E-state index contributed by atoms with van der Waals surface area (Å²) in [4.78, 5) is 0. The molecule has 0 saturated carbocycles. The Morgan fingerprint density at radius 1 is 1.53 bits per heavy atom. The lowest BCUT2D eigenvalue weighted by Crippen LogP contribution is -2.16. The molecule has 1 aliphatic heterocycles. The highest BCUT2D eigenvalue weighted by Crippen LogP contribution is 2.25. The van der Waals surface area contributed by atoms with Gasteiger partial charge in [0.2, 0.25) is 0 Å². The summed E-state index contributed by atoms with van der Waals surface area (Å²) in [6.07, 6.45) is 2.14. The molecule has 0 spiro atoms. The van der Waals surface area contributed by atoms with E-state index >= 15 is 0 Å². The van der Waals surface area contributed by atoms with Crippen molar-refractivity contribution in [1.29, 1.82) is 0 Å². The van der Waals surface area contributed by atoms with E-state index in [2.05, 4.69) is 15.9 Å². The molecule has 2 atom stereocenters. The van der Waals surface area contributed by atoms with Crippen molar-refractivity contribution in [3.05, 3.63) is 33.3 Å². The van der Waals surface area contributed by atoms with Gasteiger partial charge in [-0.15, -0.1) is 0 Å². The van der Waals surface area contributed by atoms with Crippen molar-refractivity contribution in [2.45, 2.75) is 25.4 Å². The highest BCUT2D eigenvalue weighted by molar-refractivity contribution is 9.10. The molecule has 17 heavy (non-hydrogen) atoms. The van der Waals surface area contributed by atoms with Crippen molar-refractivity contribution in [3.8, 4) is 0 Å². The first-order valence-electron chi connectivity index (χ1n) is 5.85. The Morgan fingerprint density at radius 2 is 2.35 bits per heavy atom. The molecule has 94 valence electrons. The Labute approximate surface area is 115 Å². The molecule has 2 nitrogen and oxygen atoms in total. The lowest BCUT2D eigenvalue weighted by Gasteiger charge is -2.15. The minimum Gasteiger partial charge on any atom is -0.393 e. The second-order valence-corrected chi connectivity index (χ2v) is 5.88. The maximum Gasteiger partial charge on any atom is 0.0584 e. The van der Waals surface area contributed by atoms with Gasteiger partial charge in [0.15, 0.2) is 0 Å². The van der Waals surface area contributed by atoms with E-state index in [0.29, 0.717) is 17.4 Å². The summed E-state index contributed by atoms with van der Waals surface area (Å²) in [6, 6.07) is 5.77. The van der Waals surface area contributed by atoms with Crippen LogP contribution in [0.4, 0.5) is 0 Å². The predicted octanol–water partition coefficient (Wildman–Crippen LogP) is 3.43. The van der Waals surface area contributed by atoms with Crippen molar-refractivity contribution in [1.82, 2.24) is 0 Å². The molecule has 1 fully saturated rings. The number of ether oxygens (including phenoxy) is 1. The molecule has 1 aromatic rings. The fraction of sp³-hybridized carbons (Fsp3) is 0.538. The lowest BCUT2D eigenvalue weighted by molar-refractivity contribution is 0.129. The van der Waals surface area contributed by atoms with Gasteiger partial charge in [0.25, 0.3) is 0 Å². The molecule has 1 heterocycles. The molecule has 1 aliphatic rings. The zero-order valence-corrected chi connectivity index (χ0v) is 11.9. The number of aliphatic hydroxyl groups excluding tert-OH is 1. The molecule has 2 rings (SSSR count). The minimum absolute atomic E-state index is 0.333. The highest BCUT2D eigenvalue weighted by atomic mass is 79.9. The van der Waals surface area contributed by atoms with Gasteiger partial charge in [-0.2, -0.15) is 0 Å². The number of aliphatic hydroxyl groups is 1. The summed E-state index contributed by atoms with van der Waals surface area (Å²) in [5.74, 6) is 0.499. The van der Waals surface area contributed by atoms with E-state index in [-0.39, 0.29) is 6.10 Å². The third-order valence-corrected chi connectivity index (χ3v) is 3.95. The fourth-order valence-electron chi connectivity index (χ4n) is 2.18. The summed E-state index contributed by atoms with van der Waals surface area (Å²) in [6.45, 7) is 1.61. The van der Waals surface area contributed by atoms with Gasteiger partial charge >= 0.3 is 0 Å². The third-order valence-electron chi connectivity index (χ3n) is 3.10. The van der Waals surface area contributed by atoms with Crippen LogP contribution < -0.4 is 0 Å². The van der Waals surface area contributed by atoms with Crippen LogP contribution in [0.5, 0.6) is 0 Å². The van der Waals surface area contributed by atoms with Crippen LogP contribution >= 0.6 is 27.5 Å². The van der Waals surface area contributed by atoms with Crippen LogP contribution in [0.25, 0.3) is 0 Å². The maximum absolute atomic E-state index is 10.0. The van der Waals surface area contributed by atoms with E-state index in [9.17, 15) is 5.11 Å². The average molecular weight is 320 g/mol. The monoisotopic (exact) mass is 318 g/mol. The first kappa shape index (κ1) is 13.3. The van der Waals surface area contributed by atoms with Crippen molar-refractivity contribution in [2.24, 2.45) is 5.92 Å². The van der Waals surface area contributed by atoms with Crippen molar-refractivity contribution >= 4 is 27.5 Å². The fourth-order valence-corrected chi connectivity index (χ4v) is 2.93. The van der Waals surface area contributed by atoms with Crippen LogP contribution in [0.3, 0.4) is 0 Å². The molecule has 4 heteroatoms. The van der Waals surface area contributed by atoms with Crippen LogP contribution in [0.2, 0.25) is 5.02 Å². The number of halogens is 2. The molecule has 1 saturated heterocycles. The summed E-state index contributed by atoms with van der Waals surface area (Å²) in [5.41, 5.74) is 1.00. The van der Waals surface area contributed by atoms with Gasteiger partial charge < -0.3 is 9.84 Å². The van der Waals surface area contributed by atoms with Crippen LogP contribution in [0.15, 0.2) is 22.7 Å². The van der Waals surface area contributed by atoms with E-state index in [4.69, 9.17) is 16.3 Å². The first-order valence-corrected chi connectivity index (χ1v) is 7.02. The third kappa shape index (κ3) is 3.95. The van der Waals surface area contributed by atoms with Crippen LogP contribution in [-0.4, -0.2) is 24.4 Å². The van der Waals surface area contributed by atoms with E-state index in [0.717, 1.165) is 36.1 Å². The van der Waals surface area contributed by atoms with E-state index < -0.39 is 0 Å². The molecule has 0 bridgehead atoms. The van der Waals surface area contributed by atoms with Crippen molar-refractivity contribution in [3.63, 3.8) is 0 Å². The van der Waals surface area contributed by atoms with Gasteiger partial charge in [-0.1, -0.05) is 33.6 Å². The topological polar surface area (TPSA) is 29.5 Å². The number of hydrogen-bond donors (Lipinski definition) is 1. The minimum atomic E-state index is -0.333. The Bertz CT molecular complexity index is 378. The summed E-state index contributed by atoms with van der Waals surface area (Å²) < 4.78 is 6.27. The average Bonchev–Trinajstić information content (AvgIpc) is 2.75. The Morgan fingerprint density at radius 3 is 3.00 bits per heavy atom. The predicted molar refractivity (Wildman–Crippen MR) is 72.4 cm³/mol.